The number of rotatable bonds is 5. The molecule has 1 heterocycles. The number of halogens is 1. The highest BCUT2D eigenvalue weighted by atomic mass is 19.1. The summed E-state index contributed by atoms with van der Waals surface area (Å²) in [7, 11) is 1.85. The van der Waals surface area contributed by atoms with Crippen LogP contribution in [0.3, 0.4) is 0 Å². The first-order valence-corrected chi connectivity index (χ1v) is 5.80. The van der Waals surface area contributed by atoms with Crippen molar-refractivity contribution in [3.8, 4) is 5.75 Å². The fourth-order valence-corrected chi connectivity index (χ4v) is 1.64. The second-order valence-electron chi connectivity index (χ2n) is 4.12. The van der Waals surface area contributed by atoms with Crippen molar-refractivity contribution in [1.29, 1.82) is 0 Å². The highest BCUT2D eigenvalue weighted by molar-refractivity contribution is 5.29. The summed E-state index contributed by atoms with van der Waals surface area (Å²) in [6.07, 6.45) is 0. The number of aryl methyl sites for hydroxylation is 1. The summed E-state index contributed by atoms with van der Waals surface area (Å²) in [6, 6.07) is 8.49. The van der Waals surface area contributed by atoms with E-state index in [1.807, 2.05) is 26.1 Å². The highest BCUT2D eigenvalue weighted by Crippen LogP contribution is 2.20. The molecule has 0 aliphatic rings. The zero-order valence-corrected chi connectivity index (χ0v) is 10.5. The van der Waals surface area contributed by atoms with Gasteiger partial charge in [0.2, 0.25) is 0 Å². The molecule has 3 nitrogen and oxygen atoms in total. The molecule has 2 aromatic rings. The van der Waals surface area contributed by atoms with Gasteiger partial charge in [0.25, 0.3) is 0 Å². The van der Waals surface area contributed by atoms with Gasteiger partial charge in [0.1, 0.15) is 18.1 Å². The van der Waals surface area contributed by atoms with E-state index >= 15 is 0 Å². The van der Waals surface area contributed by atoms with Gasteiger partial charge < -0.3 is 14.5 Å². The number of ether oxygens (including phenoxy) is 1. The van der Waals surface area contributed by atoms with Crippen LogP contribution in [0, 0.1) is 12.7 Å². The van der Waals surface area contributed by atoms with Crippen molar-refractivity contribution < 1.29 is 13.5 Å². The molecule has 0 saturated heterocycles. The Morgan fingerprint density at radius 3 is 2.78 bits per heavy atom. The van der Waals surface area contributed by atoms with Crippen molar-refractivity contribution in [2.24, 2.45) is 0 Å². The minimum Gasteiger partial charge on any atom is -0.483 e. The molecule has 4 heteroatoms. The molecule has 0 unspecified atom stereocenters. The smallest absolute Gasteiger partial charge is 0.165 e. The number of hydrogen-bond acceptors (Lipinski definition) is 3. The summed E-state index contributed by atoms with van der Waals surface area (Å²) in [5.41, 5.74) is 0.960. The molecular formula is C14H16FNO2. The Kier molecular flexibility index (Phi) is 3.99. The second kappa shape index (κ2) is 5.69. The third-order valence-electron chi connectivity index (χ3n) is 2.52. The van der Waals surface area contributed by atoms with Gasteiger partial charge >= 0.3 is 0 Å². The average molecular weight is 249 g/mol. The van der Waals surface area contributed by atoms with Gasteiger partial charge in [-0.15, -0.1) is 0 Å². The summed E-state index contributed by atoms with van der Waals surface area (Å²) >= 11 is 0. The van der Waals surface area contributed by atoms with Crippen LogP contribution in [0.4, 0.5) is 4.39 Å². The summed E-state index contributed by atoms with van der Waals surface area (Å²) in [4.78, 5) is 0. The molecule has 1 aromatic heterocycles. The molecule has 0 saturated carbocycles. The fraction of sp³-hybridized carbons (Fsp3) is 0.286. The van der Waals surface area contributed by atoms with Crippen molar-refractivity contribution in [3.05, 3.63) is 53.2 Å². The minimum atomic E-state index is -0.359. The van der Waals surface area contributed by atoms with Gasteiger partial charge in [-0.1, -0.05) is 6.07 Å². The molecule has 0 radical (unpaired) electrons. The third kappa shape index (κ3) is 3.11. The van der Waals surface area contributed by atoms with Gasteiger partial charge in [-0.05, 0) is 43.8 Å². The Balaban J connectivity index is 1.99. The lowest BCUT2D eigenvalue weighted by Gasteiger charge is -2.06. The van der Waals surface area contributed by atoms with E-state index in [1.54, 1.807) is 12.1 Å². The van der Waals surface area contributed by atoms with Crippen LogP contribution in [0.5, 0.6) is 5.75 Å². The van der Waals surface area contributed by atoms with Crippen molar-refractivity contribution in [1.82, 2.24) is 5.32 Å². The molecule has 0 atom stereocenters. The van der Waals surface area contributed by atoms with Gasteiger partial charge in [-0.2, -0.15) is 0 Å². The summed E-state index contributed by atoms with van der Waals surface area (Å²) in [5, 5.41) is 2.99. The van der Waals surface area contributed by atoms with Crippen LogP contribution in [0.1, 0.15) is 17.1 Å². The van der Waals surface area contributed by atoms with Crippen LogP contribution in [-0.4, -0.2) is 7.05 Å². The molecule has 0 spiro atoms. The molecule has 0 bridgehead atoms. The van der Waals surface area contributed by atoms with Crippen LogP contribution >= 0.6 is 0 Å². The van der Waals surface area contributed by atoms with E-state index < -0.39 is 0 Å². The molecule has 0 amide bonds. The summed E-state index contributed by atoms with van der Waals surface area (Å²) in [5.74, 6) is 1.41. The molecule has 2 rings (SSSR count). The van der Waals surface area contributed by atoms with Gasteiger partial charge in [-0.25, -0.2) is 4.39 Å². The van der Waals surface area contributed by atoms with Crippen LogP contribution in [0.15, 0.2) is 34.7 Å². The Labute approximate surface area is 106 Å². The quantitative estimate of drug-likeness (QED) is 0.884. The van der Waals surface area contributed by atoms with Crippen molar-refractivity contribution in [2.75, 3.05) is 7.05 Å². The number of benzene rings is 1. The third-order valence-corrected chi connectivity index (χ3v) is 2.52. The minimum absolute atomic E-state index is 0.226. The van der Waals surface area contributed by atoms with E-state index in [0.29, 0.717) is 12.3 Å². The van der Waals surface area contributed by atoms with E-state index in [1.165, 1.54) is 6.07 Å². The van der Waals surface area contributed by atoms with E-state index in [4.69, 9.17) is 9.15 Å². The lowest BCUT2D eigenvalue weighted by molar-refractivity contribution is 0.254. The second-order valence-corrected chi connectivity index (χ2v) is 4.12. The largest absolute Gasteiger partial charge is 0.483 e. The monoisotopic (exact) mass is 249 g/mol. The Morgan fingerprint density at radius 1 is 1.22 bits per heavy atom. The summed E-state index contributed by atoms with van der Waals surface area (Å²) < 4.78 is 24.3. The van der Waals surface area contributed by atoms with Crippen LogP contribution < -0.4 is 10.1 Å². The lowest BCUT2D eigenvalue weighted by Crippen LogP contribution is -2.03. The molecule has 0 aliphatic heterocycles. The predicted molar refractivity (Wildman–Crippen MR) is 66.9 cm³/mol. The Morgan fingerprint density at radius 2 is 2.00 bits per heavy atom. The van der Waals surface area contributed by atoms with Crippen LogP contribution in [0.2, 0.25) is 0 Å². The fourth-order valence-electron chi connectivity index (χ4n) is 1.64. The van der Waals surface area contributed by atoms with Gasteiger partial charge in [0, 0.05) is 0 Å². The zero-order chi connectivity index (χ0) is 13.0. The molecule has 18 heavy (non-hydrogen) atoms. The number of nitrogens with one attached hydrogen (secondary N) is 1. The van der Waals surface area contributed by atoms with Crippen LogP contribution in [-0.2, 0) is 13.2 Å². The molecular weight excluding hydrogens is 233 g/mol. The van der Waals surface area contributed by atoms with Gasteiger partial charge in [0.15, 0.2) is 11.6 Å². The molecule has 1 N–H and O–H groups in total. The zero-order valence-electron chi connectivity index (χ0n) is 10.5. The van der Waals surface area contributed by atoms with Crippen molar-refractivity contribution >= 4 is 0 Å². The van der Waals surface area contributed by atoms with Crippen molar-refractivity contribution in [3.63, 3.8) is 0 Å². The maximum atomic E-state index is 13.4. The Bertz CT molecular complexity index is 522. The SMILES string of the molecule is CNCc1ccc(COc2cc(C)ccc2F)o1. The van der Waals surface area contributed by atoms with Gasteiger partial charge in [-0.3, -0.25) is 0 Å². The first kappa shape index (κ1) is 12.6. The maximum Gasteiger partial charge on any atom is 0.165 e. The van der Waals surface area contributed by atoms with E-state index in [-0.39, 0.29) is 18.2 Å². The molecule has 1 aromatic carbocycles. The van der Waals surface area contributed by atoms with E-state index in [2.05, 4.69) is 5.32 Å². The predicted octanol–water partition coefficient (Wildman–Crippen LogP) is 3.03. The lowest BCUT2D eigenvalue weighted by atomic mass is 10.2. The normalized spacial score (nSPS) is 10.6. The maximum absolute atomic E-state index is 13.4. The topological polar surface area (TPSA) is 34.4 Å². The molecule has 0 aliphatic carbocycles. The first-order valence-electron chi connectivity index (χ1n) is 5.80. The Hall–Kier alpha value is -1.81. The molecule has 96 valence electrons. The highest BCUT2D eigenvalue weighted by Gasteiger charge is 2.06. The van der Waals surface area contributed by atoms with E-state index in [9.17, 15) is 4.39 Å². The summed E-state index contributed by atoms with van der Waals surface area (Å²) in [6.45, 7) is 2.78. The standard InChI is InChI=1S/C14H16FNO2/c1-10-3-6-13(15)14(7-10)17-9-12-5-4-11(18-12)8-16-2/h3-7,16H,8-9H2,1-2H3. The number of furan rings is 1. The van der Waals surface area contributed by atoms with Crippen LogP contribution in [0.25, 0.3) is 0 Å². The first-order chi connectivity index (χ1) is 8.69. The van der Waals surface area contributed by atoms with Crippen molar-refractivity contribution in [2.45, 2.75) is 20.1 Å². The number of hydrogen-bond donors (Lipinski definition) is 1. The van der Waals surface area contributed by atoms with E-state index in [0.717, 1.165) is 11.3 Å². The molecule has 0 fully saturated rings. The average Bonchev–Trinajstić information content (AvgIpc) is 2.79. The van der Waals surface area contributed by atoms with Gasteiger partial charge in [0.05, 0.1) is 6.54 Å².